The van der Waals surface area contributed by atoms with Gasteiger partial charge < -0.3 is 14.2 Å². The molecule has 0 saturated carbocycles. The van der Waals surface area contributed by atoms with Gasteiger partial charge in [0.2, 0.25) is 5.75 Å². The van der Waals surface area contributed by atoms with E-state index in [0.717, 1.165) is 0 Å². The Morgan fingerprint density at radius 3 is 2.00 bits per heavy atom. The minimum absolute atomic E-state index is 0.199. The summed E-state index contributed by atoms with van der Waals surface area (Å²) in [4.78, 5) is 11.5. The van der Waals surface area contributed by atoms with Crippen LogP contribution < -0.4 is 14.2 Å². The Bertz CT molecular complexity index is 349. The quantitative estimate of drug-likeness (QED) is 0.581. The fraction of sp³-hybridized carbons (Fsp3) is 0.417. The molecule has 0 bridgehead atoms. The van der Waals surface area contributed by atoms with E-state index < -0.39 is 0 Å². The van der Waals surface area contributed by atoms with Crippen LogP contribution in [0.25, 0.3) is 0 Å². The highest BCUT2D eigenvalue weighted by Gasteiger charge is 2.17. The van der Waals surface area contributed by atoms with Crippen LogP contribution in [0.1, 0.15) is 13.8 Å². The number of esters is 1. The minimum atomic E-state index is -0.317. The molecule has 0 aliphatic carbocycles. The molecule has 4 nitrogen and oxygen atoms in total. The summed E-state index contributed by atoms with van der Waals surface area (Å²) in [5, 5.41) is 0. The Morgan fingerprint density at radius 2 is 1.62 bits per heavy atom. The lowest BCUT2D eigenvalue weighted by molar-refractivity contribution is -0.137. The SMILES string of the molecule is COc1cccc(OC)c1OC(=O)C(C)C. The standard InChI is InChI=1S/C12H16O4/c1-8(2)12(13)16-11-9(14-3)6-5-7-10(11)15-4/h5-8H,1-4H3. The predicted octanol–water partition coefficient (Wildman–Crippen LogP) is 2.27. The van der Waals surface area contributed by atoms with E-state index in [1.165, 1.54) is 14.2 Å². The average Bonchev–Trinajstić information content (AvgIpc) is 2.29. The number of carbonyl (C=O) groups is 1. The number of benzene rings is 1. The lowest BCUT2D eigenvalue weighted by Gasteiger charge is -2.13. The number of hydrogen-bond donors (Lipinski definition) is 0. The van der Waals surface area contributed by atoms with Gasteiger partial charge in [-0.1, -0.05) is 19.9 Å². The van der Waals surface area contributed by atoms with Gasteiger partial charge in [-0.15, -0.1) is 0 Å². The van der Waals surface area contributed by atoms with Crippen LogP contribution in [0.15, 0.2) is 18.2 Å². The fourth-order valence-electron chi connectivity index (χ4n) is 1.14. The zero-order valence-electron chi connectivity index (χ0n) is 9.94. The molecule has 0 aliphatic heterocycles. The van der Waals surface area contributed by atoms with Crippen LogP contribution >= 0.6 is 0 Å². The van der Waals surface area contributed by atoms with Crippen LogP contribution in [0.4, 0.5) is 0 Å². The van der Waals surface area contributed by atoms with Crippen LogP contribution in [0, 0.1) is 5.92 Å². The Balaban J connectivity index is 3.04. The van der Waals surface area contributed by atoms with E-state index in [4.69, 9.17) is 14.2 Å². The van der Waals surface area contributed by atoms with Gasteiger partial charge >= 0.3 is 5.97 Å². The highest BCUT2D eigenvalue weighted by Crippen LogP contribution is 2.37. The molecule has 0 N–H and O–H groups in total. The first-order valence-electron chi connectivity index (χ1n) is 5.02. The zero-order chi connectivity index (χ0) is 12.1. The van der Waals surface area contributed by atoms with Crippen molar-refractivity contribution < 1.29 is 19.0 Å². The molecule has 1 aromatic rings. The number of rotatable bonds is 4. The molecule has 0 fully saturated rings. The molecule has 1 rings (SSSR count). The van der Waals surface area contributed by atoms with Gasteiger partial charge in [-0.05, 0) is 12.1 Å². The van der Waals surface area contributed by atoms with Crippen LogP contribution in [-0.4, -0.2) is 20.2 Å². The largest absolute Gasteiger partial charge is 0.493 e. The molecule has 0 saturated heterocycles. The van der Waals surface area contributed by atoms with Gasteiger partial charge in [0, 0.05) is 0 Å². The maximum absolute atomic E-state index is 11.5. The molecule has 0 atom stereocenters. The summed E-state index contributed by atoms with van der Waals surface area (Å²) in [7, 11) is 3.03. The first-order chi connectivity index (χ1) is 7.60. The summed E-state index contributed by atoms with van der Waals surface area (Å²) < 4.78 is 15.5. The average molecular weight is 224 g/mol. The van der Waals surface area contributed by atoms with Crippen molar-refractivity contribution in [3.8, 4) is 17.2 Å². The third-order valence-electron chi connectivity index (χ3n) is 2.06. The van der Waals surface area contributed by atoms with Crippen LogP contribution in [-0.2, 0) is 4.79 Å². The molecule has 0 aliphatic rings. The van der Waals surface area contributed by atoms with Gasteiger partial charge in [-0.25, -0.2) is 0 Å². The maximum Gasteiger partial charge on any atom is 0.314 e. The third kappa shape index (κ3) is 2.66. The molecular formula is C12H16O4. The van der Waals surface area contributed by atoms with Crippen molar-refractivity contribution in [2.75, 3.05) is 14.2 Å². The van der Waals surface area contributed by atoms with Crippen LogP contribution in [0.2, 0.25) is 0 Å². The topological polar surface area (TPSA) is 44.8 Å². The maximum atomic E-state index is 11.5. The van der Waals surface area contributed by atoms with E-state index in [0.29, 0.717) is 17.2 Å². The second-order valence-corrected chi connectivity index (χ2v) is 3.57. The highest BCUT2D eigenvalue weighted by atomic mass is 16.6. The van der Waals surface area contributed by atoms with Gasteiger partial charge in [0.15, 0.2) is 11.5 Å². The van der Waals surface area contributed by atoms with E-state index in [1.807, 2.05) is 0 Å². The molecule has 0 radical (unpaired) electrons. The molecule has 4 heteroatoms. The summed E-state index contributed by atoms with van der Waals surface area (Å²) in [5.74, 6) is 0.769. The molecular weight excluding hydrogens is 208 g/mol. The van der Waals surface area contributed by atoms with Crippen molar-refractivity contribution in [2.24, 2.45) is 5.92 Å². The molecule has 0 heterocycles. The van der Waals surface area contributed by atoms with E-state index in [9.17, 15) is 4.79 Å². The predicted molar refractivity (Wildman–Crippen MR) is 60.0 cm³/mol. The molecule has 1 aromatic carbocycles. The van der Waals surface area contributed by atoms with Crippen molar-refractivity contribution in [1.29, 1.82) is 0 Å². The summed E-state index contributed by atoms with van der Waals surface area (Å²) in [6.07, 6.45) is 0. The van der Waals surface area contributed by atoms with Gasteiger partial charge in [0.05, 0.1) is 20.1 Å². The second-order valence-electron chi connectivity index (χ2n) is 3.57. The van der Waals surface area contributed by atoms with Gasteiger partial charge in [0.25, 0.3) is 0 Å². The summed E-state index contributed by atoms with van der Waals surface area (Å²) in [6.45, 7) is 3.54. The lowest BCUT2D eigenvalue weighted by atomic mass is 10.2. The molecule has 0 spiro atoms. The van der Waals surface area contributed by atoms with E-state index in [-0.39, 0.29) is 11.9 Å². The van der Waals surface area contributed by atoms with E-state index in [2.05, 4.69) is 0 Å². The van der Waals surface area contributed by atoms with Crippen molar-refractivity contribution in [2.45, 2.75) is 13.8 Å². The smallest absolute Gasteiger partial charge is 0.314 e. The van der Waals surface area contributed by atoms with E-state index in [1.54, 1.807) is 32.0 Å². The molecule has 88 valence electrons. The number of hydrogen-bond acceptors (Lipinski definition) is 4. The molecule has 0 amide bonds. The Labute approximate surface area is 95.1 Å². The number of methoxy groups -OCH3 is 2. The first-order valence-corrected chi connectivity index (χ1v) is 5.02. The Kier molecular flexibility index (Phi) is 4.17. The third-order valence-corrected chi connectivity index (χ3v) is 2.06. The van der Waals surface area contributed by atoms with Crippen LogP contribution in [0.5, 0.6) is 17.2 Å². The summed E-state index contributed by atoms with van der Waals surface area (Å²) in [5.41, 5.74) is 0. The Hall–Kier alpha value is -1.71. The highest BCUT2D eigenvalue weighted by molar-refractivity contribution is 5.76. The van der Waals surface area contributed by atoms with E-state index >= 15 is 0 Å². The number of carbonyl (C=O) groups excluding carboxylic acids is 1. The Morgan fingerprint density at radius 1 is 1.12 bits per heavy atom. The fourth-order valence-corrected chi connectivity index (χ4v) is 1.14. The minimum Gasteiger partial charge on any atom is -0.493 e. The van der Waals surface area contributed by atoms with Gasteiger partial charge in [-0.3, -0.25) is 4.79 Å². The van der Waals surface area contributed by atoms with Crippen molar-refractivity contribution in [1.82, 2.24) is 0 Å². The molecule has 0 aromatic heterocycles. The number of para-hydroxylation sites is 1. The second kappa shape index (κ2) is 5.39. The monoisotopic (exact) mass is 224 g/mol. The first kappa shape index (κ1) is 12.4. The van der Waals surface area contributed by atoms with Gasteiger partial charge in [-0.2, -0.15) is 0 Å². The lowest BCUT2D eigenvalue weighted by Crippen LogP contribution is -2.15. The zero-order valence-corrected chi connectivity index (χ0v) is 9.94. The summed E-state index contributed by atoms with van der Waals surface area (Å²) >= 11 is 0. The molecule has 16 heavy (non-hydrogen) atoms. The molecule has 0 unspecified atom stereocenters. The van der Waals surface area contributed by atoms with Crippen LogP contribution in [0.3, 0.4) is 0 Å². The van der Waals surface area contributed by atoms with Crippen molar-refractivity contribution >= 4 is 5.97 Å². The normalized spacial score (nSPS) is 10.1. The van der Waals surface area contributed by atoms with Gasteiger partial charge in [0.1, 0.15) is 0 Å². The van der Waals surface area contributed by atoms with Crippen molar-refractivity contribution in [3.63, 3.8) is 0 Å². The summed E-state index contributed by atoms with van der Waals surface area (Å²) in [6, 6.07) is 5.20. The number of ether oxygens (including phenoxy) is 3. The van der Waals surface area contributed by atoms with Crippen molar-refractivity contribution in [3.05, 3.63) is 18.2 Å².